The molecule has 1 aromatic heterocycles. The summed E-state index contributed by atoms with van der Waals surface area (Å²) in [6.45, 7) is 0. The molecule has 0 aliphatic heterocycles. The standard InChI is InChI=1S/C16H9N3O7/c20-15(11-7-9-3-1-2-4-14(9)26-16(11)21)17-12-6-5-10(18(22)23)8-13(12)19(24)25/h1-8H,(H,17,20). The number of hydrogen-bond donors (Lipinski definition) is 1. The lowest BCUT2D eigenvalue weighted by Gasteiger charge is -2.06. The van der Waals surface area contributed by atoms with E-state index in [4.69, 9.17) is 4.42 Å². The molecule has 2 aromatic carbocycles. The number of nitro benzene ring substituents is 2. The van der Waals surface area contributed by atoms with Gasteiger partial charge in [0.15, 0.2) is 0 Å². The number of hydrogen-bond acceptors (Lipinski definition) is 7. The van der Waals surface area contributed by atoms with Crippen molar-refractivity contribution in [2.45, 2.75) is 0 Å². The van der Waals surface area contributed by atoms with Crippen LogP contribution in [0.5, 0.6) is 0 Å². The van der Waals surface area contributed by atoms with Crippen LogP contribution in [0.25, 0.3) is 11.0 Å². The van der Waals surface area contributed by atoms with Gasteiger partial charge in [0, 0.05) is 11.5 Å². The highest BCUT2D eigenvalue weighted by atomic mass is 16.6. The predicted molar refractivity (Wildman–Crippen MR) is 90.2 cm³/mol. The van der Waals surface area contributed by atoms with Gasteiger partial charge < -0.3 is 9.73 Å². The maximum Gasteiger partial charge on any atom is 0.349 e. The first kappa shape index (κ1) is 16.8. The van der Waals surface area contributed by atoms with Gasteiger partial charge in [0.05, 0.1) is 15.9 Å². The van der Waals surface area contributed by atoms with E-state index in [9.17, 15) is 29.8 Å². The van der Waals surface area contributed by atoms with Gasteiger partial charge in [0.2, 0.25) is 0 Å². The van der Waals surface area contributed by atoms with Gasteiger partial charge in [-0.2, -0.15) is 0 Å². The van der Waals surface area contributed by atoms with Gasteiger partial charge in [-0.1, -0.05) is 18.2 Å². The van der Waals surface area contributed by atoms with E-state index in [1.54, 1.807) is 24.3 Å². The normalized spacial score (nSPS) is 10.5. The molecule has 0 aliphatic rings. The van der Waals surface area contributed by atoms with Crippen molar-refractivity contribution in [3.63, 3.8) is 0 Å². The molecule has 0 fully saturated rings. The summed E-state index contributed by atoms with van der Waals surface area (Å²) in [5.41, 5.74) is -2.42. The van der Waals surface area contributed by atoms with Crippen LogP contribution in [0.1, 0.15) is 10.4 Å². The third-order valence-corrected chi connectivity index (χ3v) is 3.52. The molecule has 0 spiro atoms. The van der Waals surface area contributed by atoms with Crippen LogP contribution in [-0.4, -0.2) is 15.8 Å². The number of amides is 1. The quantitative estimate of drug-likeness (QED) is 0.430. The third kappa shape index (κ3) is 3.11. The summed E-state index contributed by atoms with van der Waals surface area (Å²) in [7, 11) is 0. The second-order valence-electron chi connectivity index (χ2n) is 5.16. The highest BCUT2D eigenvalue weighted by Crippen LogP contribution is 2.29. The van der Waals surface area contributed by atoms with Gasteiger partial charge in [-0.25, -0.2) is 4.79 Å². The number of carbonyl (C=O) groups is 1. The number of fused-ring (bicyclic) bond motifs is 1. The maximum atomic E-state index is 12.3. The minimum Gasteiger partial charge on any atom is -0.422 e. The summed E-state index contributed by atoms with van der Waals surface area (Å²) in [6.07, 6.45) is 0. The van der Waals surface area contributed by atoms with Crippen LogP contribution >= 0.6 is 0 Å². The van der Waals surface area contributed by atoms with Gasteiger partial charge in [-0.3, -0.25) is 25.0 Å². The van der Waals surface area contributed by atoms with Gasteiger partial charge in [0.1, 0.15) is 16.8 Å². The number of para-hydroxylation sites is 1. The Morgan fingerprint density at radius 1 is 1.00 bits per heavy atom. The van der Waals surface area contributed by atoms with Crippen LogP contribution < -0.4 is 10.9 Å². The number of anilines is 1. The molecule has 1 heterocycles. The number of non-ortho nitro benzene ring substituents is 1. The Kier molecular flexibility index (Phi) is 4.15. The molecule has 1 N–H and O–H groups in total. The fourth-order valence-corrected chi connectivity index (χ4v) is 2.30. The van der Waals surface area contributed by atoms with Gasteiger partial charge in [-0.15, -0.1) is 0 Å². The average molecular weight is 355 g/mol. The Labute approximate surface area is 144 Å². The van der Waals surface area contributed by atoms with Crippen molar-refractivity contribution in [1.29, 1.82) is 0 Å². The molecular weight excluding hydrogens is 346 g/mol. The van der Waals surface area contributed by atoms with E-state index in [1.165, 1.54) is 6.07 Å². The molecule has 0 aliphatic carbocycles. The molecule has 0 saturated carbocycles. The largest absolute Gasteiger partial charge is 0.422 e. The first-order valence-electron chi connectivity index (χ1n) is 7.14. The first-order chi connectivity index (χ1) is 12.4. The number of nitrogens with zero attached hydrogens (tertiary/aromatic N) is 2. The summed E-state index contributed by atoms with van der Waals surface area (Å²) < 4.78 is 5.04. The minimum absolute atomic E-state index is 0.279. The minimum atomic E-state index is -0.929. The smallest absolute Gasteiger partial charge is 0.349 e. The highest BCUT2D eigenvalue weighted by molar-refractivity contribution is 6.06. The fraction of sp³-hybridized carbons (Fsp3) is 0. The van der Waals surface area contributed by atoms with Gasteiger partial charge >= 0.3 is 5.63 Å². The van der Waals surface area contributed by atoms with E-state index in [2.05, 4.69) is 5.32 Å². The van der Waals surface area contributed by atoms with Crippen molar-refractivity contribution in [2.75, 3.05) is 5.32 Å². The summed E-state index contributed by atoms with van der Waals surface area (Å²) in [4.78, 5) is 44.5. The number of nitro groups is 2. The van der Waals surface area contributed by atoms with E-state index < -0.39 is 32.8 Å². The predicted octanol–water partition coefficient (Wildman–Crippen LogP) is 2.86. The van der Waals surface area contributed by atoms with Crippen LogP contribution in [-0.2, 0) is 0 Å². The number of nitrogens with one attached hydrogen (secondary N) is 1. The number of benzene rings is 2. The molecule has 0 bridgehead atoms. The Hall–Kier alpha value is -4.08. The van der Waals surface area contributed by atoms with Gasteiger partial charge in [-0.05, 0) is 18.2 Å². The molecule has 1 amide bonds. The average Bonchev–Trinajstić information content (AvgIpc) is 2.60. The Bertz CT molecular complexity index is 1120. The Morgan fingerprint density at radius 2 is 1.73 bits per heavy atom. The molecule has 0 radical (unpaired) electrons. The van der Waals surface area contributed by atoms with Crippen molar-refractivity contribution in [2.24, 2.45) is 0 Å². The summed E-state index contributed by atoms with van der Waals surface area (Å²) in [5, 5.41) is 24.6. The second kappa shape index (κ2) is 6.43. The number of carbonyl (C=O) groups excluding carboxylic acids is 1. The van der Waals surface area contributed by atoms with Crippen LogP contribution in [0.15, 0.2) is 57.7 Å². The topological polar surface area (TPSA) is 146 Å². The van der Waals surface area contributed by atoms with E-state index >= 15 is 0 Å². The molecule has 10 nitrogen and oxygen atoms in total. The first-order valence-corrected chi connectivity index (χ1v) is 7.14. The molecule has 0 saturated heterocycles. The van der Waals surface area contributed by atoms with Crippen molar-refractivity contribution in [1.82, 2.24) is 0 Å². The van der Waals surface area contributed by atoms with Crippen molar-refractivity contribution < 1.29 is 19.1 Å². The highest BCUT2D eigenvalue weighted by Gasteiger charge is 2.22. The molecule has 3 aromatic rings. The lowest BCUT2D eigenvalue weighted by atomic mass is 10.1. The molecule has 0 atom stereocenters. The van der Waals surface area contributed by atoms with E-state index in [1.807, 2.05) is 0 Å². The lowest BCUT2D eigenvalue weighted by Crippen LogP contribution is -2.21. The van der Waals surface area contributed by atoms with Crippen molar-refractivity contribution in [3.8, 4) is 0 Å². The maximum absolute atomic E-state index is 12.3. The van der Waals surface area contributed by atoms with Gasteiger partial charge in [0.25, 0.3) is 17.3 Å². The summed E-state index contributed by atoms with van der Waals surface area (Å²) in [6, 6.07) is 10.6. The third-order valence-electron chi connectivity index (χ3n) is 3.52. The molecule has 130 valence electrons. The van der Waals surface area contributed by atoms with Crippen LogP contribution in [0, 0.1) is 20.2 Å². The molecule has 3 rings (SSSR count). The SMILES string of the molecule is O=C(Nc1ccc([N+](=O)[O-])cc1[N+](=O)[O-])c1cc2ccccc2oc1=O. The zero-order chi connectivity index (χ0) is 18.8. The number of rotatable bonds is 4. The van der Waals surface area contributed by atoms with Crippen LogP contribution in [0.3, 0.4) is 0 Å². The van der Waals surface area contributed by atoms with E-state index in [0.717, 1.165) is 18.2 Å². The summed E-state index contributed by atoms with van der Waals surface area (Å²) >= 11 is 0. The molecule has 26 heavy (non-hydrogen) atoms. The van der Waals surface area contributed by atoms with E-state index in [0.29, 0.717) is 5.39 Å². The Morgan fingerprint density at radius 3 is 2.42 bits per heavy atom. The monoisotopic (exact) mass is 355 g/mol. The second-order valence-corrected chi connectivity index (χ2v) is 5.16. The molecule has 10 heteroatoms. The fourth-order valence-electron chi connectivity index (χ4n) is 2.30. The van der Waals surface area contributed by atoms with E-state index in [-0.39, 0.29) is 16.8 Å². The van der Waals surface area contributed by atoms with Crippen molar-refractivity contribution in [3.05, 3.63) is 84.7 Å². The zero-order valence-corrected chi connectivity index (χ0v) is 12.9. The molecule has 0 unspecified atom stereocenters. The van der Waals surface area contributed by atoms with Crippen LogP contribution in [0.4, 0.5) is 17.1 Å². The zero-order valence-electron chi connectivity index (χ0n) is 12.9. The Balaban J connectivity index is 2.00. The lowest BCUT2D eigenvalue weighted by molar-refractivity contribution is -0.393. The van der Waals surface area contributed by atoms with Crippen LogP contribution in [0.2, 0.25) is 0 Å². The van der Waals surface area contributed by atoms with Crippen molar-refractivity contribution >= 4 is 33.9 Å². The summed E-state index contributed by atoms with van der Waals surface area (Å²) in [5.74, 6) is -0.929. The molecular formula is C16H9N3O7.